The summed E-state index contributed by atoms with van der Waals surface area (Å²) >= 11 is 0. The summed E-state index contributed by atoms with van der Waals surface area (Å²) in [7, 11) is 11.1. The van der Waals surface area contributed by atoms with Gasteiger partial charge >= 0.3 is 0 Å². The standard InChI is InChI=1S/C46H55N3O11/c1-51-32-17-18-34-33(27-32)46(50)48-45(47-34)29-16-19-36(38(22-29)52-2)58-20-14-12-10-8-9-11-13-15-21-59-44-41(55-5)23-30(24-42(44)56-6)35-28-37(60-49-35)31-25-39(53-3)43(57-7)40(26-31)54-4/h16-19,22-28,45,47H,8-15,20-21H2,1-7H3,(H,48,50). The molecule has 0 bridgehead atoms. The van der Waals surface area contributed by atoms with E-state index in [0.29, 0.717) is 82.0 Å². The van der Waals surface area contributed by atoms with Gasteiger partial charge in [-0.25, -0.2) is 0 Å². The molecule has 4 aromatic carbocycles. The Morgan fingerprint density at radius 3 is 1.72 bits per heavy atom. The van der Waals surface area contributed by atoms with E-state index in [4.69, 9.17) is 47.2 Å². The first-order valence-electron chi connectivity index (χ1n) is 20.1. The Labute approximate surface area is 351 Å². The van der Waals surface area contributed by atoms with Gasteiger partial charge in [0.15, 0.2) is 40.3 Å². The first kappa shape index (κ1) is 43.1. The van der Waals surface area contributed by atoms with Gasteiger partial charge in [-0.1, -0.05) is 49.7 Å². The van der Waals surface area contributed by atoms with Gasteiger partial charge in [0.2, 0.25) is 11.5 Å². The first-order chi connectivity index (χ1) is 29.3. The maximum atomic E-state index is 12.8. The van der Waals surface area contributed by atoms with Gasteiger partial charge in [0.05, 0.1) is 68.5 Å². The number of ether oxygens (including phenoxy) is 9. The van der Waals surface area contributed by atoms with Crippen LogP contribution in [0.3, 0.4) is 0 Å². The zero-order valence-corrected chi connectivity index (χ0v) is 35.4. The molecule has 1 aromatic heterocycles. The van der Waals surface area contributed by atoms with Gasteiger partial charge in [0.25, 0.3) is 5.91 Å². The quantitative estimate of drug-likeness (QED) is 0.0603. The van der Waals surface area contributed by atoms with Crippen molar-refractivity contribution in [2.45, 2.75) is 57.5 Å². The summed E-state index contributed by atoms with van der Waals surface area (Å²) in [5.41, 5.74) is 4.21. The zero-order valence-electron chi connectivity index (χ0n) is 35.4. The van der Waals surface area contributed by atoms with E-state index in [1.807, 2.05) is 48.5 Å². The van der Waals surface area contributed by atoms with E-state index >= 15 is 0 Å². The lowest BCUT2D eigenvalue weighted by molar-refractivity contribution is 0.0935. The first-order valence-corrected chi connectivity index (χ1v) is 20.1. The summed E-state index contributed by atoms with van der Waals surface area (Å²) < 4.78 is 56.8. The average molecular weight is 826 g/mol. The molecule has 1 amide bonds. The second-order valence-corrected chi connectivity index (χ2v) is 14.1. The number of anilines is 1. The fourth-order valence-corrected chi connectivity index (χ4v) is 7.08. The maximum absolute atomic E-state index is 12.8. The summed E-state index contributed by atoms with van der Waals surface area (Å²) in [6.45, 7) is 1.14. The number of methoxy groups -OCH3 is 7. The van der Waals surface area contributed by atoms with Gasteiger partial charge in [0.1, 0.15) is 17.6 Å². The summed E-state index contributed by atoms with van der Waals surface area (Å²) in [5.74, 6) is 5.44. The number of aromatic nitrogens is 1. The van der Waals surface area contributed by atoms with Crippen molar-refractivity contribution in [1.29, 1.82) is 0 Å². The molecule has 1 unspecified atom stereocenters. The topological polar surface area (TPSA) is 150 Å². The van der Waals surface area contributed by atoms with Crippen molar-refractivity contribution >= 4 is 11.6 Å². The van der Waals surface area contributed by atoms with Crippen LogP contribution in [-0.4, -0.2) is 74.0 Å². The number of unbranched alkanes of at least 4 members (excludes halogenated alkanes) is 7. The molecule has 1 atom stereocenters. The molecule has 60 heavy (non-hydrogen) atoms. The number of rotatable bonds is 23. The Kier molecular flexibility index (Phi) is 15.1. The molecule has 0 aliphatic carbocycles. The highest BCUT2D eigenvalue weighted by Crippen LogP contribution is 2.44. The molecule has 14 heteroatoms. The number of carbonyl (C=O) groups excluding carboxylic acids is 1. The largest absolute Gasteiger partial charge is 0.497 e. The van der Waals surface area contributed by atoms with Gasteiger partial charge in [-0.05, 0) is 73.0 Å². The Balaban J connectivity index is 0.893. The molecule has 0 saturated carbocycles. The Bertz CT molecular complexity index is 2150. The van der Waals surface area contributed by atoms with Gasteiger partial charge in [-0.15, -0.1) is 0 Å². The Morgan fingerprint density at radius 2 is 1.12 bits per heavy atom. The lowest BCUT2D eigenvalue weighted by Gasteiger charge is -2.28. The van der Waals surface area contributed by atoms with Gasteiger partial charge in [-0.2, -0.15) is 0 Å². The molecule has 1 aliphatic heterocycles. The lowest BCUT2D eigenvalue weighted by atomic mass is 10.0. The minimum Gasteiger partial charge on any atom is -0.497 e. The Morgan fingerprint density at radius 1 is 0.533 bits per heavy atom. The zero-order chi connectivity index (χ0) is 42.4. The number of hydrogen-bond donors (Lipinski definition) is 2. The molecule has 2 heterocycles. The normalized spacial score (nSPS) is 13.1. The molecule has 1 aliphatic rings. The molecule has 5 aromatic rings. The Hall–Kier alpha value is -6.44. The van der Waals surface area contributed by atoms with Crippen LogP contribution < -0.4 is 53.3 Å². The molecule has 14 nitrogen and oxygen atoms in total. The van der Waals surface area contributed by atoms with Gasteiger partial charge in [-0.3, -0.25) is 4.79 Å². The van der Waals surface area contributed by atoms with Crippen molar-refractivity contribution < 1.29 is 51.9 Å². The maximum Gasteiger partial charge on any atom is 0.255 e. The van der Waals surface area contributed by atoms with Gasteiger partial charge in [0, 0.05) is 22.9 Å². The van der Waals surface area contributed by atoms with Crippen LogP contribution in [0.2, 0.25) is 0 Å². The number of fused-ring (bicyclic) bond motifs is 1. The van der Waals surface area contributed by atoms with Crippen molar-refractivity contribution in [3.05, 3.63) is 77.9 Å². The van der Waals surface area contributed by atoms with Crippen molar-refractivity contribution in [2.24, 2.45) is 0 Å². The van der Waals surface area contributed by atoms with E-state index in [2.05, 4.69) is 15.8 Å². The van der Waals surface area contributed by atoms with Crippen LogP contribution in [0, 0.1) is 0 Å². The van der Waals surface area contributed by atoms with E-state index < -0.39 is 6.17 Å². The summed E-state index contributed by atoms with van der Waals surface area (Å²) in [6, 6.07) is 20.3. The van der Waals surface area contributed by atoms with Crippen LogP contribution in [0.15, 0.2) is 71.3 Å². The molecule has 0 radical (unpaired) electrons. The van der Waals surface area contributed by atoms with Crippen LogP contribution >= 0.6 is 0 Å². The minimum absolute atomic E-state index is 0.169. The predicted octanol–water partition coefficient (Wildman–Crippen LogP) is 9.50. The predicted molar refractivity (Wildman–Crippen MR) is 228 cm³/mol. The highest BCUT2D eigenvalue weighted by Gasteiger charge is 2.26. The van der Waals surface area contributed by atoms with E-state index in [-0.39, 0.29) is 5.91 Å². The van der Waals surface area contributed by atoms with Crippen LogP contribution in [0.25, 0.3) is 22.6 Å². The number of amides is 1. The molecular formula is C46H55N3O11. The average Bonchev–Trinajstić information content (AvgIpc) is 3.79. The summed E-state index contributed by atoms with van der Waals surface area (Å²) in [6.07, 6.45) is 8.22. The smallest absolute Gasteiger partial charge is 0.255 e. The van der Waals surface area contributed by atoms with Crippen molar-refractivity contribution in [1.82, 2.24) is 10.5 Å². The number of carbonyl (C=O) groups is 1. The monoisotopic (exact) mass is 825 g/mol. The third kappa shape index (κ3) is 10.2. The van der Waals surface area contributed by atoms with Crippen molar-refractivity contribution in [2.75, 3.05) is 68.3 Å². The molecule has 0 spiro atoms. The van der Waals surface area contributed by atoms with E-state index in [1.54, 1.807) is 68.0 Å². The highest BCUT2D eigenvalue weighted by atomic mass is 16.5. The number of nitrogens with one attached hydrogen (secondary N) is 2. The molecule has 0 fully saturated rings. The van der Waals surface area contributed by atoms with E-state index in [9.17, 15) is 4.79 Å². The highest BCUT2D eigenvalue weighted by molar-refractivity contribution is 6.02. The summed E-state index contributed by atoms with van der Waals surface area (Å²) in [4.78, 5) is 12.8. The molecule has 2 N–H and O–H groups in total. The van der Waals surface area contributed by atoms with Crippen LogP contribution in [0.4, 0.5) is 5.69 Å². The number of nitrogens with zero attached hydrogens (tertiary/aromatic N) is 1. The number of hydrogen-bond acceptors (Lipinski definition) is 13. The fraction of sp³-hybridized carbons (Fsp3) is 0.391. The van der Waals surface area contributed by atoms with E-state index in [1.165, 1.54) is 6.42 Å². The third-order valence-electron chi connectivity index (χ3n) is 10.3. The SMILES string of the molecule is COc1ccc2c(c1)C(=O)NC(c1ccc(OCCCCCCCCCCOc3c(OC)cc(-c4cc(-c5cc(OC)c(OC)c(OC)c5)on4)cc3OC)c(OC)c1)N2. The third-order valence-corrected chi connectivity index (χ3v) is 10.3. The van der Waals surface area contributed by atoms with Gasteiger partial charge < -0.3 is 57.8 Å². The van der Waals surface area contributed by atoms with Crippen molar-refractivity contribution in [3.8, 4) is 74.3 Å². The molecule has 320 valence electrons. The van der Waals surface area contributed by atoms with E-state index in [0.717, 1.165) is 67.3 Å². The second kappa shape index (κ2) is 21.0. The number of benzene rings is 4. The minimum atomic E-state index is -0.398. The van der Waals surface area contributed by atoms with Crippen LogP contribution in [-0.2, 0) is 0 Å². The fourth-order valence-electron chi connectivity index (χ4n) is 7.08. The lowest BCUT2D eigenvalue weighted by Crippen LogP contribution is -2.38. The second-order valence-electron chi connectivity index (χ2n) is 14.1. The van der Waals surface area contributed by atoms with Crippen LogP contribution in [0.1, 0.15) is 73.5 Å². The van der Waals surface area contributed by atoms with Crippen molar-refractivity contribution in [3.63, 3.8) is 0 Å². The van der Waals surface area contributed by atoms with Crippen LogP contribution in [0.5, 0.6) is 51.7 Å². The molecule has 0 saturated heterocycles. The molecule has 6 rings (SSSR count). The summed E-state index contributed by atoms with van der Waals surface area (Å²) in [5, 5.41) is 10.7. The molecular weight excluding hydrogens is 771 g/mol.